The number of nitrogen functional groups attached to an aromatic ring is 1. The van der Waals surface area contributed by atoms with Gasteiger partial charge in [-0.3, -0.25) is 4.79 Å². The third-order valence-electron chi connectivity index (χ3n) is 2.51. The first kappa shape index (κ1) is 13.1. The molecule has 0 aliphatic rings. The zero-order chi connectivity index (χ0) is 14.2. The van der Waals surface area contributed by atoms with Crippen molar-refractivity contribution in [1.82, 2.24) is 0 Å². The van der Waals surface area contributed by atoms with Crippen molar-refractivity contribution in [2.45, 2.75) is 0 Å². The Hall–Kier alpha value is -2.37. The maximum atomic E-state index is 13.4. The minimum Gasteiger partial charge on any atom is -0.396 e. The first-order valence-electron chi connectivity index (χ1n) is 5.14. The molecular weight excluding hydrogens is 262 g/mol. The third-order valence-corrected chi connectivity index (χ3v) is 2.51. The van der Waals surface area contributed by atoms with Gasteiger partial charge >= 0.3 is 0 Å². The lowest BCUT2D eigenvalue weighted by atomic mass is 10.0. The molecule has 0 fully saturated rings. The molecule has 0 bridgehead atoms. The highest BCUT2D eigenvalue weighted by molar-refractivity contribution is 6.09. The number of carbonyl (C=O) groups excluding carboxylic acids is 1. The van der Waals surface area contributed by atoms with Gasteiger partial charge in [0, 0.05) is 11.6 Å². The van der Waals surface area contributed by atoms with E-state index in [1.807, 2.05) is 0 Å². The van der Waals surface area contributed by atoms with E-state index in [4.69, 9.17) is 5.73 Å². The van der Waals surface area contributed by atoms with Crippen LogP contribution >= 0.6 is 0 Å². The molecule has 0 amide bonds. The predicted molar refractivity (Wildman–Crippen MR) is 60.6 cm³/mol. The van der Waals surface area contributed by atoms with E-state index in [2.05, 4.69) is 0 Å². The van der Waals surface area contributed by atoms with Crippen LogP contribution in [0.5, 0.6) is 0 Å². The monoisotopic (exact) mass is 269 g/mol. The molecule has 0 aliphatic carbocycles. The summed E-state index contributed by atoms with van der Waals surface area (Å²) in [6.45, 7) is 0. The summed E-state index contributed by atoms with van der Waals surface area (Å²) >= 11 is 0. The van der Waals surface area contributed by atoms with E-state index in [9.17, 15) is 22.4 Å². The number of hydrogen-bond donors (Lipinski definition) is 1. The lowest BCUT2D eigenvalue weighted by Crippen LogP contribution is -2.07. The maximum Gasteiger partial charge on any atom is 0.196 e. The van der Waals surface area contributed by atoms with Crippen molar-refractivity contribution < 1.29 is 22.4 Å². The standard InChI is InChI=1S/C13H7F4NO/c14-8-2-1-6(3-12(8)18)13(19)7-4-10(16)11(17)5-9(7)15/h1-5H,18H2. The van der Waals surface area contributed by atoms with Crippen molar-refractivity contribution in [2.24, 2.45) is 0 Å². The van der Waals surface area contributed by atoms with E-state index in [0.717, 1.165) is 18.2 Å². The highest BCUT2D eigenvalue weighted by Gasteiger charge is 2.18. The zero-order valence-electron chi connectivity index (χ0n) is 9.38. The molecule has 0 aromatic heterocycles. The second-order valence-electron chi connectivity index (χ2n) is 3.81. The quantitative estimate of drug-likeness (QED) is 0.394. The molecule has 0 aliphatic heterocycles. The minimum absolute atomic E-state index is 0.121. The first-order chi connectivity index (χ1) is 8.90. The molecule has 0 heterocycles. The summed E-state index contributed by atoms with van der Waals surface area (Å²) in [5, 5.41) is 0. The molecule has 0 radical (unpaired) electrons. The van der Waals surface area contributed by atoms with Crippen LogP contribution in [0.3, 0.4) is 0 Å². The van der Waals surface area contributed by atoms with Crippen molar-refractivity contribution >= 4 is 11.5 Å². The fourth-order valence-electron chi connectivity index (χ4n) is 1.54. The van der Waals surface area contributed by atoms with Gasteiger partial charge < -0.3 is 5.73 Å². The fourth-order valence-corrected chi connectivity index (χ4v) is 1.54. The Morgan fingerprint density at radius 2 is 1.47 bits per heavy atom. The van der Waals surface area contributed by atoms with Gasteiger partial charge in [-0.25, -0.2) is 17.6 Å². The molecule has 0 spiro atoms. The third kappa shape index (κ3) is 2.42. The molecular formula is C13H7F4NO. The molecule has 0 saturated heterocycles. The van der Waals surface area contributed by atoms with Crippen molar-refractivity contribution in [1.29, 1.82) is 0 Å². The molecule has 2 aromatic carbocycles. The van der Waals surface area contributed by atoms with Gasteiger partial charge in [0.25, 0.3) is 0 Å². The van der Waals surface area contributed by atoms with Crippen molar-refractivity contribution in [3.05, 3.63) is 64.7 Å². The number of benzene rings is 2. The van der Waals surface area contributed by atoms with Crippen LogP contribution in [0.1, 0.15) is 15.9 Å². The van der Waals surface area contributed by atoms with E-state index in [-0.39, 0.29) is 17.3 Å². The molecule has 2 aromatic rings. The number of halogens is 4. The van der Waals surface area contributed by atoms with Crippen LogP contribution in [0.25, 0.3) is 0 Å². The number of nitrogens with two attached hydrogens (primary N) is 1. The zero-order valence-corrected chi connectivity index (χ0v) is 9.38. The van der Waals surface area contributed by atoms with Crippen LogP contribution < -0.4 is 5.73 Å². The van der Waals surface area contributed by atoms with Crippen molar-refractivity contribution in [3.63, 3.8) is 0 Å². The highest BCUT2D eigenvalue weighted by atomic mass is 19.2. The summed E-state index contributed by atoms with van der Waals surface area (Å²) in [5.74, 6) is -5.59. The molecule has 6 heteroatoms. The van der Waals surface area contributed by atoms with Crippen LogP contribution in [0.4, 0.5) is 23.2 Å². The molecule has 2 nitrogen and oxygen atoms in total. The number of carbonyl (C=O) groups is 1. The second kappa shape index (κ2) is 4.72. The van der Waals surface area contributed by atoms with Crippen molar-refractivity contribution in [3.8, 4) is 0 Å². The van der Waals surface area contributed by atoms with Gasteiger partial charge in [-0.2, -0.15) is 0 Å². The van der Waals surface area contributed by atoms with E-state index >= 15 is 0 Å². The SMILES string of the molecule is Nc1cc(C(=O)c2cc(F)c(F)cc2F)ccc1F. The lowest BCUT2D eigenvalue weighted by Gasteiger charge is -2.05. The maximum absolute atomic E-state index is 13.4. The van der Waals surface area contributed by atoms with Gasteiger partial charge in [-0.1, -0.05) is 0 Å². The molecule has 98 valence electrons. The van der Waals surface area contributed by atoms with Gasteiger partial charge in [0.15, 0.2) is 17.4 Å². The first-order valence-corrected chi connectivity index (χ1v) is 5.14. The van der Waals surface area contributed by atoms with Crippen LogP contribution in [-0.4, -0.2) is 5.78 Å². The Kier molecular flexibility index (Phi) is 3.25. The molecule has 2 rings (SSSR count). The minimum atomic E-state index is -1.40. The molecule has 0 atom stereocenters. The number of rotatable bonds is 2. The van der Waals surface area contributed by atoms with Gasteiger partial charge in [0.1, 0.15) is 11.6 Å². The normalized spacial score (nSPS) is 10.5. The summed E-state index contributed by atoms with van der Waals surface area (Å²) in [7, 11) is 0. The summed E-state index contributed by atoms with van der Waals surface area (Å²) in [6, 6.07) is 3.73. The summed E-state index contributed by atoms with van der Waals surface area (Å²) in [5.41, 5.74) is 4.21. The summed E-state index contributed by atoms with van der Waals surface area (Å²) < 4.78 is 52.1. The topological polar surface area (TPSA) is 43.1 Å². The van der Waals surface area contributed by atoms with E-state index in [0.29, 0.717) is 6.07 Å². The average Bonchev–Trinajstić information content (AvgIpc) is 2.36. The van der Waals surface area contributed by atoms with Gasteiger partial charge in [-0.15, -0.1) is 0 Å². The fraction of sp³-hybridized carbons (Fsp3) is 0. The van der Waals surface area contributed by atoms with Gasteiger partial charge in [0.2, 0.25) is 0 Å². The lowest BCUT2D eigenvalue weighted by molar-refractivity contribution is 0.103. The Morgan fingerprint density at radius 1 is 0.842 bits per heavy atom. The van der Waals surface area contributed by atoms with Gasteiger partial charge in [0.05, 0.1) is 11.3 Å². The highest BCUT2D eigenvalue weighted by Crippen LogP contribution is 2.20. The number of ketones is 1. The Labute approximate surface area is 105 Å². The largest absolute Gasteiger partial charge is 0.396 e. The van der Waals surface area contributed by atoms with E-state index in [1.54, 1.807) is 0 Å². The van der Waals surface area contributed by atoms with E-state index < -0.39 is 34.6 Å². The number of hydrogen-bond acceptors (Lipinski definition) is 2. The molecule has 0 unspecified atom stereocenters. The van der Waals surface area contributed by atoms with Crippen molar-refractivity contribution in [2.75, 3.05) is 5.73 Å². The Morgan fingerprint density at radius 3 is 2.11 bits per heavy atom. The van der Waals surface area contributed by atoms with Crippen LogP contribution in [0, 0.1) is 23.3 Å². The molecule has 0 saturated carbocycles. The number of anilines is 1. The molecule has 19 heavy (non-hydrogen) atoms. The summed E-state index contributed by atoms with van der Waals surface area (Å²) in [6.07, 6.45) is 0. The Bertz CT molecular complexity index is 670. The van der Waals surface area contributed by atoms with Crippen LogP contribution in [0.2, 0.25) is 0 Å². The Balaban J connectivity index is 2.49. The average molecular weight is 269 g/mol. The second-order valence-corrected chi connectivity index (χ2v) is 3.81. The smallest absolute Gasteiger partial charge is 0.196 e. The molecule has 2 N–H and O–H groups in total. The van der Waals surface area contributed by atoms with Crippen LogP contribution in [-0.2, 0) is 0 Å². The van der Waals surface area contributed by atoms with Crippen LogP contribution in [0.15, 0.2) is 30.3 Å². The van der Waals surface area contributed by atoms with Gasteiger partial charge in [-0.05, 0) is 24.3 Å². The summed E-state index contributed by atoms with van der Waals surface area (Å²) in [4.78, 5) is 11.9. The predicted octanol–water partition coefficient (Wildman–Crippen LogP) is 3.06. The van der Waals surface area contributed by atoms with E-state index in [1.165, 1.54) is 0 Å².